The molecular weight excluding hydrogens is 366 g/mol. The van der Waals surface area contributed by atoms with Gasteiger partial charge in [-0.15, -0.1) is 0 Å². The Kier molecular flexibility index (Phi) is 4.14. The zero-order chi connectivity index (χ0) is 20.0. The van der Waals surface area contributed by atoms with Gasteiger partial charge in [-0.3, -0.25) is 19.4 Å². The molecule has 2 amide bonds. The molecule has 0 N–H and O–H groups in total. The summed E-state index contributed by atoms with van der Waals surface area (Å²) in [7, 11) is 0. The molecule has 0 aliphatic carbocycles. The molecule has 144 valence electrons. The molecule has 0 bridgehead atoms. The molecule has 5 rings (SSSR count). The molecule has 1 aromatic heterocycles. The van der Waals surface area contributed by atoms with Crippen molar-refractivity contribution >= 4 is 23.2 Å². The van der Waals surface area contributed by atoms with Crippen molar-refractivity contribution in [3.05, 3.63) is 90.3 Å². The number of aryl methyl sites for hydroxylation is 1. The molecule has 2 aliphatic rings. The minimum Gasteiger partial charge on any atom is -0.273 e. The van der Waals surface area contributed by atoms with Crippen molar-refractivity contribution in [2.75, 3.05) is 9.96 Å². The van der Waals surface area contributed by atoms with Crippen LogP contribution in [0.1, 0.15) is 17.2 Å². The molecule has 3 aromatic rings. The van der Waals surface area contributed by atoms with E-state index in [4.69, 9.17) is 4.84 Å². The van der Waals surface area contributed by atoms with E-state index in [2.05, 4.69) is 4.98 Å². The van der Waals surface area contributed by atoms with Crippen LogP contribution >= 0.6 is 0 Å². The summed E-state index contributed by atoms with van der Waals surface area (Å²) < 4.78 is 0. The van der Waals surface area contributed by atoms with E-state index < -0.39 is 18.1 Å². The lowest BCUT2D eigenvalue weighted by Gasteiger charge is -2.28. The van der Waals surface area contributed by atoms with Gasteiger partial charge in [-0.25, -0.2) is 9.96 Å². The van der Waals surface area contributed by atoms with E-state index >= 15 is 0 Å². The average Bonchev–Trinajstić information content (AvgIpc) is 3.26. The number of carbonyl (C=O) groups is 2. The summed E-state index contributed by atoms with van der Waals surface area (Å²) in [5.41, 5.74) is 3.10. The van der Waals surface area contributed by atoms with Gasteiger partial charge in [0.15, 0.2) is 6.10 Å². The van der Waals surface area contributed by atoms with E-state index in [1.54, 1.807) is 23.5 Å². The number of rotatable bonds is 3. The van der Waals surface area contributed by atoms with Crippen LogP contribution in [0.15, 0.2) is 79.1 Å². The topological polar surface area (TPSA) is 62.7 Å². The maximum Gasteiger partial charge on any atom is 0.266 e. The highest BCUT2D eigenvalue weighted by Crippen LogP contribution is 2.47. The lowest BCUT2D eigenvalue weighted by Crippen LogP contribution is -2.37. The van der Waals surface area contributed by atoms with Crippen molar-refractivity contribution < 1.29 is 14.4 Å². The molecule has 29 heavy (non-hydrogen) atoms. The highest BCUT2D eigenvalue weighted by Gasteiger charge is 2.60. The lowest BCUT2D eigenvalue weighted by molar-refractivity contribution is -0.126. The Morgan fingerprint density at radius 3 is 2.38 bits per heavy atom. The van der Waals surface area contributed by atoms with Gasteiger partial charge >= 0.3 is 0 Å². The monoisotopic (exact) mass is 385 g/mol. The van der Waals surface area contributed by atoms with Crippen molar-refractivity contribution in [1.82, 2.24) is 4.98 Å². The second-order valence-corrected chi connectivity index (χ2v) is 7.24. The van der Waals surface area contributed by atoms with E-state index in [1.165, 1.54) is 4.90 Å². The fourth-order valence-electron chi connectivity index (χ4n) is 4.15. The largest absolute Gasteiger partial charge is 0.273 e. The quantitative estimate of drug-likeness (QED) is 0.647. The zero-order valence-electron chi connectivity index (χ0n) is 15.8. The number of nitrogens with zero attached hydrogens (tertiary/aromatic N) is 3. The number of aromatic nitrogens is 1. The maximum atomic E-state index is 13.5. The van der Waals surface area contributed by atoms with Gasteiger partial charge in [0.1, 0.15) is 5.92 Å². The molecule has 0 radical (unpaired) electrons. The number of para-hydroxylation sites is 2. The molecular formula is C23H19N3O3. The van der Waals surface area contributed by atoms with Crippen LogP contribution in [0, 0.1) is 12.8 Å². The second-order valence-electron chi connectivity index (χ2n) is 7.24. The van der Waals surface area contributed by atoms with Crippen LogP contribution in [0.5, 0.6) is 0 Å². The van der Waals surface area contributed by atoms with Gasteiger partial charge < -0.3 is 0 Å². The summed E-state index contributed by atoms with van der Waals surface area (Å²) in [5.74, 6) is -1.23. The molecule has 3 heterocycles. The summed E-state index contributed by atoms with van der Waals surface area (Å²) in [6.07, 6.45) is 2.54. The number of imide groups is 1. The van der Waals surface area contributed by atoms with Crippen LogP contribution in [-0.2, 0) is 14.4 Å². The first-order valence-electron chi connectivity index (χ1n) is 9.51. The Morgan fingerprint density at radius 2 is 1.66 bits per heavy atom. The molecule has 2 fully saturated rings. The SMILES string of the molecule is Cc1ccccc1N1C(=O)[C@H]2[C@@H](c3cccnc3)N(c3ccccc3)O[C@H]2C1=O. The fraction of sp³-hybridized carbons (Fsp3) is 0.174. The number of hydrogen-bond acceptors (Lipinski definition) is 5. The van der Waals surface area contributed by atoms with Crippen molar-refractivity contribution in [3.8, 4) is 0 Å². The molecule has 0 spiro atoms. The number of fused-ring (bicyclic) bond motifs is 1. The van der Waals surface area contributed by atoms with E-state index in [1.807, 2.05) is 67.6 Å². The molecule has 6 heteroatoms. The number of carbonyl (C=O) groups excluding carboxylic acids is 2. The third kappa shape index (κ3) is 2.72. The third-order valence-electron chi connectivity index (χ3n) is 5.51. The van der Waals surface area contributed by atoms with Gasteiger partial charge in [0, 0.05) is 12.4 Å². The van der Waals surface area contributed by atoms with E-state index in [0.717, 1.165) is 16.8 Å². The van der Waals surface area contributed by atoms with Crippen molar-refractivity contribution in [3.63, 3.8) is 0 Å². The van der Waals surface area contributed by atoms with E-state index in [0.29, 0.717) is 5.69 Å². The van der Waals surface area contributed by atoms with Gasteiger partial charge in [-0.1, -0.05) is 42.5 Å². The van der Waals surface area contributed by atoms with Crippen LogP contribution in [0.4, 0.5) is 11.4 Å². The molecule has 2 aliphatic heterocycles. The predicted octanol–water partition coefficient (Wildman–Crippen LogP) is 3.44. The van der Waals surface area contributed by atoms with Gasteiger partial charge in [0.05, 0.1) is 17.4 Å². The zero-order valence-corrected chi connectivity index (χ0v) is 15.8. The molecule has 6 nitrogen and oxygen atoms in total. The summed E-state index contributed by atoms with van der Waals surface area (Å²) in [6, 6.07) is 20.2. The summed E-state index contributed by atoms with van der Waals surface area (Å²) in [4.78, 5) is 38.3. The number of pyridine rings is 1. The molecule has 0 unspecified atom stereocenters. The summed E-state index contributed by atoms with van der Waals surface area (Å²) in [6.45, 7) is 1.89. The molecule has 2 saturated heterocycles. The molecule has 0 saturated carbocycles. The normalized spacial score (nSPS) is 23.6. The first-order chi connectivity index (χ1) is 14.2. The minimum atomic E-state index is -0.868. The second kappa shape index (κ2) is 6.83. The number of amides is 2. The van der Waals surface area contributed by atoms with Crippen molar-refractivity contribution in [1.29, 1.82) is 0 Å². The average molecular weight is 385 g/mol. The van der Waals surface area contributed by atoms with E-state index in [-0.39, 0.29) is 11.8 Å². The predicted molar refractivity (Wildman–Crippen MR) is 108 cm³/mol. The Labute approximate surface area is 168 Å². The van der Waals surface area contributed by atoms with Crippen molar-refractivity contribution in [2.45, 2.75) is 19.1 Å². The number of hydroxylamine groups is 1. The van der Waals surface area contributed by atoms with E-state index in [9.17, 15) is 9.59 Å². The maximum absolute atomic E-state index is 13.5. The van der Waals surface area contributed by atoms with Gasteiger partial charge in [0.25, 0.3) is 5.91 Å². The first kappa shape index (κ1) is 17.6. The van der Waals surface area contributed by atoms with Gasteiger partial charge in [-0.05, 0) is 42.3 Å². The minimum absolute atomic E-state index is 0.249. The number of hydrogen-bond donors (Lipinski definition) is 0. The first-order valence-corrected chi connectivity index (χ1v) is 9.51. The van der Waals surface area contributed by atoms with Crippen LogP contribution in [-0.4, -0.2) is 22.9 Å². The van der Waals surface area contributed by atoms with Crippen LogP contribution in [0.25, 0.3) is 0 Å². The van der Waals surface area contributed by atoms with Crippen LogP contribution in [0.3, 0.4) is 0 Å². The Bertz CT molecular complexity index is 1070. The fourth-order valence-corrected chi connectivity index (χ4v) is 4.15. The third-order valence-corrected chi connectivity index (χ3v) is 5.51. The van der Waals surface area contributed by atoms with Gasteiger partial charge in [-0.2, -0.15) is 0 Å². The lowest BCUT2D eigenvalue weighted by atomic mass is 9.91. The van der Waals surface area contributed by atoms with Crippen LogP contribution < -0.4 is 9.96 Å². The van der Waals surface area contributed by atoms with Crippen molar-refractivity contribution in [2.24, 2.45) is 5.92 Å². The van der Waals surface area contributed by atoms with Gasteiger partial charge in [0.2, 0.25) is 5.91 Å². The smallest absolute Gasteiger partial charge is 0.266 e. The Balaban J connectivity index is 1.60. The standard InChI is InChI=1S/C23H19N3O3/c1-15-8-5-6-12-18(15)25-22(27)19-20(16-9-7-13-24-14-16)26(29-21(19)23(25)28)17-10-3-2-4-11-17/h2-14,19-21H,1H3/t19-,20+,21+/m0/s1. The number of benzene rings is 2. The Hall–Kier alpha value is -3.51. The number of anilines is 2. The Morgan fingerprint density at radius 1 is 0.897 bits per heavy atom. The van der Waals surface area contributed by atoms with Crippen LogP contribution in [0.2, 0.25) is 0 Å². The highest BCUT2D eigenvalue weighted by molar-refractivity contribution is 6.24. The summed E-state index contributed by atoms with van der Waals surface area (Å²) in [5, 5.41) is 1.68. The highest BCUT2D eigenvalue weighted by atomic mass is 16.7. The summed E-state index contributed by atoms with van der Waals surface area (Å²) >= 11 is 0. The molecule has 2 aromatic carbocycles. The molecule has 3 atom stereocenters.